The molecule has 94 valence electrons. The summed E-state index contributed by atoms with van der Waals surface area (Å²) in [6.07, 6.45) is 4.43. The van der Waals surface area contributed by atoms with E-state index in [2.05, 4.69) is 9.97 Å². The first-order valence-corrected chi connectivity index (χ1v) is 7.80. The lowest BCUT2D eigenvalue weighted by molar-refractivity contribution is -0.132. The van der Waals surface area contributed by atoms with Crippen LogP contribution in [0.2, 0.25) is 0 Å². The van der Waals surface area contributed by atoms with Gasteiger partial charge in [-0.05, 0) is 24.3 Å². The van der Waals surface area contributed by atoms with E-state index in [-0.39, 0.29) is 5.91 Å². The van der Waals surface area contributed by atoms with Gasteiger partial charge in [0.2, 0.25) is 5.91 Å². The van der Waals surface area contributed by atoms with Crippen molar-refractivity contribution in [3.05, 3.63) is 17.8 Å². The standard InChI is InChI=1S/C12H13N3OS2/c16-10-3-1-2-5-15(10)8-18-12-11-9(4-6-17-11)13-7-14-12/h4,6-7H,1-3,5,8H2. The van der Waals surface area contributed by atoms with Gasteiger partial charge in [0.15, 0.2) is 0 Å². The maximum absolute atomic E-state index is 11.7. The Morgan fingerprint density at radius 3 is 3.22 bits per heavy atom. The van der Waals surface area contributed by atoms with Crippen LogP contribution in [0.3, 0.4) is 0 Å². The predicted molar refractivity (Wildman–Crippen MR) is 73.7 cm³/mol. The first kappa shape index (κ1) is 11.9. The van der Waals surface area contributed by atoms with E-state index >= 15 is 0 Å². The summed E-state index contributed by atoms with van der Waals surface area (Å²) in [5.74, 6) is 0.966. The van der Waals surface area contributed by atoms with Gasteiger partial charge >= 0.3 is 0 Å². The highest BCUT2D eigenvalue weighted by atomic mass is 32.2. The summed E-state index contributed by atoms with van der Waals surface area (Å²) in [7, 11) is 0. The van der Waals surface area contributed by atoms with Crippen molar-refractivity contribution in [2.75, 3.05) is 12.4 Å². The Balaban J connectivity index is 1.72. The molecule has 2 aromatic rings. The van der Waals surface area contributed by atoms with Crippen molar-refractivity contribution in [2.24, 2.45) is 0 Å². The summed E-state index contributed by atoms with van der Waals surface area (Å²) in [4.78, 5) is 22.2. The quantitative estimate of drug-likeness (QED) is 0.640. The molecular weight excluding hydrogens is 266 g/mol. The molecule has 0 spiro atoms. The molecule has 1 aliphatic rings. The number of carbonyl (C=O) groups excluding carboxylic acids is 1. The van der Waals surface area contributed by atoms with Gasteiger partial charge in [0.05, 0.1) is 16.1 Å². The average Bonchev–Trinajstić information content (AvgIpc) is 2.86. The molecule has 0 bridgehead atoms. The van der Waals surface area contributed by atoms with Gasteiger partial charge in [0.25, 0.3) is 0 Å². The number of fused-ring (bicyclic) bond motifs is 1. The largest absolute Gasteiger partial charge is 0.333 e. The summed E-state index contributed by atoms with van der Waals surface area (Å²) in [5.41, 5.74) is 0.988. The van der Waals surface area contributed by atoms with Crippen molar-refractivity contribution >= 4 is 39.2 Å². The lowest BCUT2D eigenvalue weighted by atomic mass is 10.1. The molecular formula is C12H13N3OS2. The molecule has 0 atom stereocenters. The SMILES string of the molecule is O=C1CCCCN1CSc1ncnc2ccsc12. The number of aromatic nitrogens is 2. The van der Waals surface area contributed by atoms with Crippen molar-refractivity contribution in [1.29, 1.82) is 0 Å². The zero-order valence-electron chi connectivity index (χ0n) is 9.83. The van der Waals surface area contributed by atoms with Crippen LogP contribution in [0, 0.1) is 0 Å². The predicted octanol–water partition coefficient (Wildman–Crippen LogP) is 2.75. The van der Waals surface area contributed by atoms with Crippen molar-refractivity contribution in [2.45, 2.75) is 24.3 Å². The molecule has 1 aliphatic heterocycles. The molecule has 4 nitrogen and oxygen atoms in total. The van der Waals surface area contributed by atoms with Crippen LogP contribution in [0.4, 0.5) is 0 Å². The summed E-state index contributed by atoms with van der Waals surface area (Å²) >= 11 is 3.28. The van der Waals surface area contributed by atoms with E-state index in [1.54, 1.807) is 29.4 Å². The lowest BCUT2D eigenvalue weighted by Gasteiger charge is -2.25. The van der Waals surface area contributed by atoms with Gasteiger partial charge < -0.3 is 4.90 Å². The molecule has 1 amide bonds. The van der Waals surface area contributed by atoms with E-state index in [4.69, 9.17) is 0 Å². The normalized spacial score (nSPS) is 16.4. The van der Waals surface area contributed by atoms with E-state index in [1.165, 1.54) is 0 Å². The van der Waals surface area contributed by atoms with Gasteiger partial charge in [-0.25, -0.2) is 9.97 Å². The lowest BCUT2D eigenvalue weighted by Crippen LogP contribution is -2.34. The van der Waals surface area contributed by atoms with Crippen LogP contribution in [0.5, 0.6) is 0 Å². The van der Waals surface area contributed by atoms with Crippen molar-refractivity contribution in [3.63, 3.8) is 0 Å². The Kier molecular flexibility index (Phi) is 3.47. The minimum absolute atomic E-state index is 0.269. The molecule has 3 heterocycles. The smallest absolute Gasteiger partial charge is 0.223 e. The number of carbonyl (C=O) groups is 1. The molecule has 0 aromatic carbocycles. The van der Waals surface area contributed by atoms with E-state index in [0.717, 1.165) is 34.6 Å². The fraction of sp³-hybridized carbons (Fsp3) is 0.417. The maximum Gasteiger partial charge on any atom is 0.223 e. The molecule has 0 unspecified atom stereocenters. The minimum atomic E-state index is 0.269. The molecule has 0 saturated carbocycles. The van der Waals surface area contributed by atoms with Gasteiger partial charge in [0, 0.05) is 13.0 Å². The van der Waals surface area contributed by atoms with Crippen LogP contribution < -0.4 is 0 Å². The molecule has 1 fully saturated rings. The van der Waals surface area contributed by atoms with Gasteiger partial charge in [-0.15, -0.1) is 11.3 Å². The fourth-order valence-electron chi connectivity index (χ4n) is 2.01. The first-order chi connectivity index (χ1) is 8.84. The second-order valence-corrected chi connectivity index (χ2v) is 6.05. The minimum Gasteiger partial charge on any atom is -0.333 e. The van der Waals surface area contributed by atoms with Crippen molar-refractivity contribution < 1.29 is 4.79 Å². The number of thiophene rings is 1. The monoisotopic (exact) mass is 279 g/mol. The van der Waals surface area contributed by atoms with E-state index in [9.17, 15) is 4.79 Å². The first-order valence-electron chi connectivity index (χ1n) is 5.93. The molecule has 0 aliphatic carbocycles. The number of hydrogen-bond acceptors (Lipinski definition) is 5. The second-order valence-electron chi connectivity index (χ2n) is 4.20. The zero-order valence-corrected chi connectivity index (χ0v) is 11.5. The molecule has 18 heavy (non-hydrogen) atoms. The molecule has 3 rings (SSSR count). The third-order valence-corrected chi connectivity index (χ3v) is 5.05. The van der Waals surface area contributed by atoms with Gasteiger partial charge in [-0.1, -0.05) is 11.8 Å². The van der Waals surface area contributed by atoms with Crippen LogP contribution in [0.25, 0.3) is 10.2 Å². The molecule has 6 heteroatoms. The Bertz CT molecular complexity index is 569. The summed E-state index contributed by atoms with van der Waals surface area (Å²) < 4.78 is 1.12. The zero-order chi connectivity index (χ0) is 12.4. The van der Waals surface area contributed by atoms with E-state index in [1.807, 2.05) is 16.3 Å². The van der Waals surface area contributed by atoms with E-state index in [0.29, 0.717) is 12.3 Å². The van der Waals surface area contributed by atoms with Crippen molar-refractivity contribution in [1.82, 2.24) is 14.9 Å². The van der Waals surface area contributed by atoms with Crippen LogP contribution >= 0.6 is 23.1 Å². The number of piperidine rings is 1. The molecule has 1 saturated heterocycles. The number of rotatable bonds is 3. The van der Waals surface area contributed by atoms with Crippen LogP contribution in [-0.4, -0.2) is 33.2 Å². The number of likely N-dealkylation sites (tertiary alicyclic amines) is 1. The van der Waals surface area contributed by atoms with Crippen LogP contribution in [0.15, 0.2) is 22.8 Å². The topological polar surface area (TPSA) is 46.1 Å². The number of thioether (sulfide) groups is 1. The van der Waals surface area contributed by atoms with E-state index < -0.39 is 0 Å². The number of amides is 1. The third-order valence-electron chi connectivity index (χ3n) is 2.99. The highest BCUT2D eigenvalue weighted by Crippen LogP contribution is 2.29. The van der Waals surface area contributed by atoms with Crippen molar-refractivity contribution in [3.8, 4) is 0 Å². The Morgan fingerprint density at radius 1 is 1.39 bits per heavy atom. The number of hydrogen-bond donors (Lipinski definition) is 0. The summed E-state index contributed by atoms with van der Waals surface area (Å²) in [5, 5.41) is 3.00. The summed E-state index contributed by atoms with van der Waals surface area (Å²) in [6.45, 7) is 0.879. The fourth-order valence-corrected chi connectivity index (χ4v) is 3.96. The van der Waals surface area contributed by atoms with Gasteiger partial charge in [-0.2, -0.15) is 0 Å². The summed E-state index contributed by atoms with van der Waals surface area (Å²) in [6, 6.07) is 2.00. The maximum atomic E-state index is 11.7. The number of nitrogens with zero attached hydrogens (tertiary/aromatic N) is 3. The highest BCUT2D eigenvalue weighted by Gasteiger charge is 2.18. The third kappa shape index (κ3) is 2.35. The van der Waals surface area contributed by atoms with Crippen LogP contribution in [-0.2, 0) is 4.79 Å². The molecule has 2 aromatic heterocycles. The Morgan fingerprint density at radius 2 is 2.33 bits per heavy atom. The van der Waals surface area contributed by atoms with Gasteiger partial charge in [-0.3, -0.25) is 4.79 Å². The van der Waals surface area contributed by atoms with Gasteiger partial charge in [0.1, 0.15) is 11.4 Å². The Hall–Kier alpha value is -1.14. The molecule has 0 radical (unpaired) electrons. The second kappa shape index (κ2) is 5.24. The highest BCUT2D eigenvalue weighted by molar-refractivity contribution is 7.99. The Labute approximate surface area is 113 Å². The average molecular weight is 279 g/mol. The van der Waals surface area contributed by atoms with Crippen LogP contribution in [0.1, 0.15) is 19.3 Å². The molecule has 0 N–H and O–H groups in total.